The maximum atomic E-state index is 11.9. The van der Waals surface area contributed by atoms with Crippen LogP contribution in [0.3, 0.4) is 0 Å². The molecule has 21 heavy (non-hydrogen) atoms. The van der Waals surface area contributed by atoms with Crippen molar-refractivity contribution in [3.8, 4) is 0 Å². The number of aromatic nitrogens is 2. The van der Waals surface area contributed by atoms with Crippen molar-refractivity contribution in [3.63, 3.8) is 0 Å². The number of nitrogens with two attached hydrogens (primary N) is 1. The van der Waals surface area contributed by atoms with Crippen LogP contribution in [-0.4, -0.2) is 22.1 Å². The second kappa shape index (κ2) is 6.71. The van der Waals surface area contributed by atoms with Crippen LogP contribution in [0.15, 0.2) is 29.5 Å². The average Bonchev–Trinajstić information content (AvgIpc) is 2.49. The Labute approximate surface area is 134 Å². The van der Waals surface area contributed by atoms with Crippen molar-refractivity contribution in [2.24, 2.45) is 5.10 Å². The van der Waals surface area contributed by atoms with Gasteiger partial charge in [0.2, 0.25) is 0 Å². The number of carbonyl (C=O) groups excluding carboxylic acids is 1. The number of amides is 1. The molecule has 0 aliphatic carbocycles. The normalized spacial score (nSPS) is 10.8. The molecule has 2 aromatic rings. The van der Waals surface area contributed by atoms with Crippen LogP contribution in [0, 0.1) is 0 Å². The Bertz CT molecular complexity index is 706. The Balaban J connectivity index is 2.16. The summed E-state index contributed by atoms with van der Waals surface area (Å²) in [5.41, 5.74) is 8.27. The van der Waals surface area contributed by atoms with Gasteiger partial charge in [-0.15, -0.1) is 0 Å². The van der Waals surface area contributed by atoms with Gasteiger partial charge in [0.15, 0.2) is 10.8 Å². The van der Waals surface area contributed by atoms with Crippen LogP contribution in [0.5, 0.6) is 0 Å². The maximum absolute atomic E-state index is 11.9. The summed E-state index contributed by atoms with van der Waals surface area (Å²) in [6.07, 6.45) is 2.97. The van der Waals surface area contributed by atoms with E-state index >= 15 is 0 Å². The smallest absolute Gasteiger partial charge is 0.291 e. The van der Waals surface area contributed by atoms with Crippen molar-refractivity contribution in [3.05, 3.63) is 51.0 Å². The zero-order valence-electron chi connectivity index (χ0n) is 10.3. The van der Waals surface area contributed by atoms with Crippen LogP contribution in [-0.2, 0) is 0 Å². The monoisotopic (exact) mass is 343 g/mol. The first-order valence-corrected chi connectivity index (χ1v) is 6.68. The molecule has 0 saturated carbocycles. The lowest BCUT2D eigenvalue weighted by molar-refractivity contribution is 0.0950. The zero-order chi connectivity index (χ0) is 15.4. The summed E-state index contributed by atoms with van der Waals surface area (Å²) in [5, 5.41) is 3.53. The molecule has 0 aromatic carbocycles. The molecule has 0 saturated heterocycles. The number of hydrazone groups is 1. The summed E-state index contributed by atoms with van der Waals surface area (Å²) < 4.78 is 0. The first-order valence-electron chi connectivity index (χ1n) is 5.55. The SMILES string of the molecule is Nc1c(Cl)c(Cl)nc(C(=O)N/N=C\c2ccccn2)c1Cl. The molecular weight excluding hydrogens is 337 g/mol. The van der Waals surface area contributed by atoms with E-state index in [-0.39, 0.29) is 26.6 Å². The van der Waals surface area contributed by atoms with E-state index in [1.54, 1.807) is 24.4 Å². The fourth-order valence-corrected chi connectivity index (χ4v) is 1.94. The Morgan fingerprint density at radius 3 is 2.71 bits per heavy atom. The maximum Gasteiger partial charge on any atom is 0.291 e. The lowest BCUT2D eigenvalue weighted by atomic mass is 10.3. The van der Waals surface area contributed by atoms with Gasteiger partial charge in [-0.05, 0) is 12.1 Å². The summed E-state index contributed by atoms with van der Waals surface area (Å²) in [7, 11) is 0. The highest BCUT2D eigenvalue weighted by molar-refractivity contribution is 6.46. The third-order valence-electron chi connectivity index (χ3n) is 2.34. The van der Waals surface area contributed by atoms with Crippen LogP contribution in [0.4, 0.5) is 5.69 Å². The van der Waals surface area contributed by atoms with E-state index in [2.05, 4.69) is 20.5 Å². The van der Waals surface area contributed by atoms with Crippen LogP contribution >= 0.6 is 34.8 Å². The summed E-state index contributed by atoms with van der Waals surface area (Å²) >= 11 is 17.4. The lowest BCUT2D eigenvalue weighted by Crippen LogP contribution is -2.20. The molecule has 0 aliphatic rings. The van der Waals surface area contributed by atoms with Crippen LogP contribution in [0.2, 0.25) is 15.2 Å². The summed E-state index contributed by atoms with van der Waals surface area (Å²) in [6.45, 7) is 0. The van der Waals surface area contributed by atoms with E-state index in [9.17, 15) is 4.79 Å². The number of rotatable bonds is 3. The second-order valence-electron chi connectivity index (χ2n) is 3.75. The second-order valence-corrected chi connectivity index (χ2v) is 4.86. The van der Waals surface area contributed by atoms with Gasteiger partial charge in [0.1, 0.15) is 5.02 Å². The fourth-order valence-electron chi connectivity index (χ4n) is 1.34. The van der Waals surface area contributed by atoms with E-state index in [4.69, 9.17) is 40.5 Å². The number of hydrogen-bond donors (Lipinski definition) is 2. The molecule has 2 heterocycles. The molecule has 108 valence electrons. The molecule has 1 amide bonds. The summed E-state index contributed by atoms with van der Waals surface area (Å²) in [4.78, 5) is 19.7. The molecule has 0 radical (unpaired) electrons. The van der Waals surface area contributed by atoms with Gasteiger partial charge in [-0.3, -0.25) is 9.78 Å². The Morgan fingerprint density at radius 1 is 1.29 bits per heavy atom. The van der Waals surface area contributed by atoms with Gasteiger partial charge in [-0.1, -0.05) is 40.9 Å². The van der Waals surface area contributed by atoms with E-state index in [1.807, 2.05) is 0 Å². The highest BCUT2D eigenvalue weighted by atomic mass is 35.5. The minimum Gasteiger partial charge on any atom is -0.396 e. The van der Waals surface area contributed by atoms with Crippen LogP contribution in [0.1, 0.15) is 16.2 Å². The molecule has 0 fully saturated rings. The van der Waals surface area contributed by atoms with Gasteiger partial charge in [0.05, 0.1) is 22.6 Å². The number of carbonyl (C=O) groups is 1. The van der Waals surface area contributed by atoms with E-state index in [0.717, 1.165) is 0 Å². The molecule has 0 spiro atoms. The lowest BCUT2D eigenvalue weighted by Gasteiger charge is -2.07. The van der Waals surface area contributed by atoms with Crippen LogP contribution < -0.4 is 11.2 Å². The quantitative estimate of drug-likeness (QED) is 0.508. The first kappa shape index (κ1) is 15.5. The number of anilines is 1. The van der Waals surface area contributed by atoms with Crippen molar-refractivity contribution < 1.29 is 4.79 Å². The third-order valence-corrected chi connectivity index (χ3v) is 3.47. The van der Waals surface area contributed by atoms with E-state index in [1.165, 1.54) is 6.21 Å². The number of halogens is 3. The Morgan fingerprint density at radius 2 is 2.05 bits per heavy atom. The highest BCUT2D eigenvalue weighted by Gasteiger charge is 2.19. The molecule has 0 atom stereocenters. The van der Waals surface area contributed by atoms with E-state index < -0.39 is 5.91 Å². The topological polar surface area (TPSA) is 93.3 Å². The molecule has 2 aromatic heterocycles. The summed E-state index contributed by atoms with van der Waals surface area (Å²) in [6, 6.07) is 5.27. The molecule has 0 bridgehead atoms. The van der Waals surface area contributed by atoms with Crippen molar-refractivity contribution in [2.75, 3.05) is 5.73 Å². The fraction of sp³-hybridized carbons (Fsp3) is 0. The average molecular weight is 345 g/mol. The van der Waals surface area contributed by atoms with Crippen molar-refractivity contribution in [1.29, 1.82) is 0 Å². The van der Waals surface area contributed by atoms with Crippen molar-refractivity contribution >= 4 is 52.6 Å². The van der Waals surface area contributed by atoms with Gasteiger partial charge in [-0.2, -0.15) is 5.10 Å². The standard InChI is InChI=1S/C12H8Cl3N5O/c13-7-9(16)8(14)11(15)19-10(7)12(21)20-18-5-6-3-1-2-4-17-6/h1-5H,(H2,16,19)(H,20,21)/b18-5-. The van der Waals surface area contributed by atoms with Gasteiger partial charge < -0.3 is 5.73 Å². The molecule has 6 nitrogen and oxygen atoms in total. The van der Waals surface area contributed by atoms with E-state index in [0.29, 0.717) is 5.69 Å². The number of nitrogen functional groups attached to an aromatic ring is 1. The van der Waals surface area contributed by atoms with Gasteiger partial charge in [0.25, 0.3) is 5.91 Å². The predicted molar refractivity (Wildman–Crippen MR) is 83.0 cm³/mol. The molecule has 3 N–H and O–H groups in total. The molecule has 0 unspecified atom stereocenters. The Hall–Kier alpha value is -1.89. The molecule has 0 aliphatic heterocycles. The molecule has 2 rings (SSSR count). The van der Waals surface area contributed by atoms with Crippen molar-refractivity contribution in [2.45, 2.75) is 0 Å². The third kappa shape index (κ3) is 3.60. The molecule has 9 heteroatoms. The first-order chi connectivity index (χ1) is 10.0. The van der Waals surface area contributed by atoms with Crippen molar-refractivity contribution in [1.82, 2.24) is 15.4 Å². The largest absolute Gasteiger partial charge is 0.396 e. The summed E-state index contributed by atoms with van der Waals surface area (Å²) in [5.74, 6) is -0.669. The van der Waals surface area contributed by atoms with Gasteiger partial charge in [0, 0.05) is 6.20 Å². The number of pyridine rings is 2. The van der Waals surface area contributed by atoms with Gasteiger partial charge in [-0.25, -0.2) is 10.4 Å². The zero-order valence-corrected chi connectivity index (χ0v) is 12.6. The molecular formula is C12H8Cl3N5O. The predicted octanol–water partition coefficient (Wildman–Crippen LogP) is 2.78. The number of hydrogen-bond acceptors (Lipinski definition) is 5. The Kier molecular flexibility index (Phi) is 4.95. The van der Waals surface area contributed by atoms with Gasteiger partial charge >= 0.3 is 0 Å². The minimum absolute atomic E-state index is 0.00444. The number of nitrogens with zero attached hydrogens (tertiary/aromatic N) is 3. The highest BCUT2D eigenvalue weighted by Crippen LogP contribution is 2.34. The van der Waals surface area contributed by atoms with Crippen LogP contribution in [0.25, 0.3) is 0 Å². The minimum atomic E-state index is -0.669. The number of nitrogens with one attached hydrogen (secondary N) is 1.